The van der Waals surface area contributed by atoms with Gasteiger partial charge in [-0.1, -0.05) is 6.07 Å². The Labute approximate surface area is 131 Å². The monoisotopic (exact) mass is 315 g/mol. The number of hydrogen-bond acceptors (Lipinski definition) is 3. The molecule has 0 atom stereocenters. The van der Waals surface area contributed by atoms with Gasteiger partial charge in [0.2, 0.25) is 0 Å². The summed E-state index contributed by atoms with van der Waals surface area (Å²) < 4.78 is 1.68. The SMILES string of the molecule is CC(C)n1c(=O)[nH]c2cc(C(=O)NCc3cccs3)ccc21. The van der Waals surface area contributed by atoms with Crippen LogP contribution in [0.15, 0.2) is 40.5 Å². The normalized spacial score (nSPS) is 11.2. The molecular weight excluding hydrogens is 298 g/mol. The third kappa shape index (κ3) is 2.69. The summed E-state index contributed by atoms with van der Waals surface area (Å²) in [5, 5.41) is 4.86. The fourth-order valence-electron chi connectivity index (χ4n) is 2.47. The van der Waals surface area contributed by atoms with Crippen molar-refractivity contribution >= 4 is 28.3 Å². The van der Waals surface area contributed by atoms with Gasteiger partial charge in [0.05, 0.1) is 17.6 Å². The Morgan fingerprint density at radius 1 is 1.36 bits per heavy atom. The number of amides is 1. The minimum Gasteiger partial charge on any atom is -0.347 e. The summed E-state index contributed by atoms with van der Waals surface area (Å²) in [4.78, 5) is 28.1. The van der Waals surface area contributed by atoms with Crippen molar-refractivity contribution in [1.29, 1.82) is 0 Å². The number of benzene rings is 1. The van der Waals surface area contributed by atoms with Gasteiger partial charge in [-0.3, -0.25) is 9.36 Å². The average Bonchev–Trinajstić information content (AvgIpc) is 3.09. The van der Waals surface area contributed by atoms with E-state index < -0.39 is 0 Å². The molecule has 22 heavy (non-hydrogen) atoms. The molecule has 2 heterocycles. The molecule has 0 aliphatic carbocycles. The zero-order valence-corrected chi connectivity index (χ0v) is 13.2. The van der Waals surface area contributed by atoms with E-state index in [2.05, 4.69) is 10.3 Å². The molecule has 0 radical (unpaired) electrons. The summed E-state index contributed by atoms with van der Waals surface area (Å²) in [5.41, 5.74) is 1.89. The molecule has 2 aromatic heterocycles. The molecule has 1 amide bonds. The maximum absolute atomic E-state index is 12.2. The molecule has 1 aromatic carbocycles. The molecular formula is C16H17N3O2S. The van der Waals surface area contributed by atoms with Gasteiger partial charge in [0.15, 0.2) is 0 Å². The second kappa shape index (κ2) is 5.81. The second-order valence-corrected chi connectivity index (χ2v) is 6.42. The van der Waals surface area contributed by atoms with E-state index in [-0.39, 0.29) is 17.6 Å². The highest BCUT2D eigenvalue weighted by molar-refractivity contribution is 7.09. The summed E-state index contributed by atoms with van der Waals surface area (Å²) in [6.45, 7) is 4.42. The van der Waals surface area contributed by atoms with Gasteiger partial charge >= 0.3 is 5.69 Å². The van der Waals surface area contributed by atoms with E-state index in [1.165, 1.54) is 0 Å². The Kier molecular flexibility index (Phi) is 3.85. The van der Waals surface area contributed by atoms with Crippen LogP contribution in [0.3, 0.4) is 0 Å². The predicted octanol–water partition coefficient (Wildman–Crippen LogP) is 2.90. The Morgan fingerprint density at radius 2 is 2.18 bits per heavy atom. The van der Waals surface area contributed by atoms with Gasteiger partial charge in [-0.2, -0.15) is 0 Å². The summed E-state index contributed by atoms with van der Waals surface area (Å²) in [6, 6.07) is 9.29. The molecule has 0 saturated heterocycles. The van der Waals surface area contributed by atoms with Gasteiger partial charge in [0, 0.05) is 16.5 Å². The Hall–Kier alpha value is -2.34. The zero-order chi connectivity index (χ0) is 15.7. The summed E-state index contributed by atoms with van der Waals surface area (Å²) in [7, 11) is 0. The van der Waals surface area contributed by atoms with Crippen LogP contribution in [0, 0.1) is 0 Å². The van der Waals surface area contributed by atoms with E-state index in [9.17, 15) is 9.59 Å². The van der Waals surface area contributed by atoms with Gasteiger partial charge in [0.1, 0.15) is 0 Å². The molecule has 0 aliphatic heterocycles. The fourth-order valence-corrected chi connectivity index (χ4v) is 3.11. The summed E-state index contributed by atoms with van der Waals surface area (Å²) in [5.74, 6) is -0.145. The number of H-pyrrole nitrogens is 1. The molecule has 0 fully saturated rings. The third-order valence-corrected chi connectivity index (χ3v) is 4.37. The topological polar surface area (TPSA) is 66.9 Å². The van der Waals surface area contributed by atoms with Crippen LogP contribution in [0.25, 0.3) is 11.0 Å². The van der Waals surface area contributed by atoms with Crippen molar-refractivity contribution in [1.82, 2.24) is 14.9 Å². The lowest BCUT2D eigenvalue weighted by atomic mass is 10.2. The number of aromatic amines is 1. The molecule has 6 heteroatoms. The molecule has 0 bridgehead atoms. The highest BCUT2D eigenvalue weighted by Crippen LogP contribution is 2.16. The van der Waals surface area contributed by atoms with Gasteiger partial charge in [-0.05, 0) is 43.5 Å². The highest BCUT2D eigenvalue weighted by atomic mass is 32.1. The maximum atomic E-state index is 12.2. The van der Waals surface area contributed by atoms with Crippen molar-refractivity contribution < 1.29 is 4.79 Å². The highest BCUT2D eigenvalue weighted by Gasteiger charge is 2.12. The second-order valence-electron chi connectivity index (χ2n) is 5.39. The van der Waals surface area contributed by atoms with Crippen molar-refractivity contribution in [3.63, 3.8) is 0 Å². The first kappa shape index (κ1) is 14.6. The smallest absolute Gasteiger partial charge is 0.326 e. The van der Waals surface area contributed by atoms with Crippen LogP contribution in [0.4, 0.5) is 0 Å². The number of nitrogens with one attached hydrogen (secondary N) is 2. The van der Waals surface area contributed by atoms with Crippen LogP contribution in [0.2, 0.25) is 0 Å². The number of nitrogens with zero attached hydrogens (tertiary/aromatic N) is 1. The Bertz CT molecular complexity index is 859. The lowest BCUT2D eigenvalue weighted by Gasteiger charge is -2.07. The summed E-state index contributed by atoms with van der Waals surface area (Å²) in [6.07, 6.45) is 0. The Balaban J connectivity index is 1.85. The van der Waals surface area contributed by atoms with Crippen LogP contribution in [0.5, 0.6) is 0 Å². The largest absolute Gasteiger partial charge is 0.347 e. The van der Waals surface area contributed by atoms with Crippen molar-refractivity contribution in [3.8, 4) is 0 Å². The van der Waals surface area contributed by atoms with E-state index in [1.807, 2.05) is 37.4 Å². The lowest BCUT2D eigenvalue weighted by Crippen LogP contribution is -2.22. The van der Waals surface area contributed by atoms with E-state index in [1.54, 1.807) is 28.0 Å². The van der Waals surface area contributed by atoms with E-state index in [0.29, 0.717) is 17.6 Å². The predicted molar refractivity (Wildman–Crippen MR) is 88.4 cm³/mol. The van der Waals surface area contributed by atoms with Crippen LogP contribution >= 0.6 is 11.3 Å². The van der Waals surface area contributed by atoms with Crippen molar-refractivity contribution in [2.24, 2.45) is 0 Å². The van der Waals surface area contributed by atoms with Gasteiger partial charge in [-0.25, -0.2) is 4.79 Å². The van der Waals surface area contributed by atoms with Crippen molar-refractivity contribution in [2.75, 3.05) is 0 Å². The molecule has 3 aromatic rings. The molecule has 114 valence electrons. The van der Waals surface area contributed by atoms with Crippen LogP contribution < -0.4 is 11.0 Å². The first-order valence-corrected chi connectivity index (χ1v) is 7.99. The van der Waals surface area contributed by atoms with E-state index in [0.717, 1.165) is 10.4 Å². The maximum Gasteiger partial charge on any atom is 0.326 e. The van der Waals surface area contributed by atoms with Crippen LogP contribution in [-0.4, -0.2) is 15.5 Å². The number of carbonyl (C=O) groups is 1. The van der Waals surface area contributed by atoms with E-state index in [4.69, 9.17) is 0 Å². The summed E-state index contributed by atoms with van der Waals surface area (Å²) >= 11 is 1.61. The minimum atomic E-state index is -0.152. The standard InChI is InChI=1S/C16H17N3O2S/c1-10(2)19-14-6-5-11(8-13(14)18-16(19)21)15(20)17-9-12-4-3-7-22-12/h3-8,10H,9H2,1-2H3,(H,17,20)(H,18,21). The number of carbonyl (C=O) groups excluding carboxylic acids is 1. The van der Waals surface area contributed by atoms with Gasteiger partial charge in [0.25, 0.3) is 5.91 Å². The molecule has 0 unspecified atom stereocenters. The van der Waals surface area contributed by atoms with Gasteiger partial charge < -0.3 is 10.3 Å². The number of thiophene rings is 1. The molecule has 2 N–H and O–H groups in total. The third-order valence-electron chi connectivity index (χ3n) is 3.50. The number of rotatable bonds is 4. The number of aromatic nitrogens is 2. The molecule has 3 rings (SSSR count). The minimum absolute atomic E-state index is 0.0692. The number of imidazole rings is 1. The fraction of sp³-hybridized carbons (Fsp3) is 0.250. The number of hydrogen-bond donors (Lipinski definition) is 2. The quantitative estimate of drug-likeness (QED) is 0.777. The molecule has 0 spiro atoms. The average molecular weight is 315 g/mol. The zero-order valence-electron chi connectivity index (χ0n) is 12.4. The Morgan fingerprint density at radius 3 is 2.86 bits per heavy atom. The first-order chi connectivity index (χ1) is 10.6. The van der Waals surface area contributed by atoms with Crippen LogP contribution in [-0.2, 0) is 6.54 Å². The molecule has 0 aliphatic rings. The first-order valence-electron chi connectivity index (χ1n) is 7.11. The number of fused-ring (bicyclic) bond motifs is 1. The van der Waals surface area contributed by atoms with E-state index >= 15 is 0 Å². The molecule has 0 saturated carbocycles. The van der Waals surface area contributed by atoms with Crippen molar-refractivity contribution in [2.45, 2.75) is 26.4 Å². The molecule has 5 nitrogen and oxygen atoms in total. The lowest BCUT2D eigenvalue weighted by molar-refractivity contribution is 0.0951. The van der Waals surface area contributed by atoms with Gasteiger partial charge in [-0.15, -0.1) is 11.3 Å². The van der Waals surface area contributed by atoms with Crippen LogP contribution in [0.1, 0.15) is 35.1 Å². The van der Waals surface area contributed by atoms with Crippen molar-refractivity contribution in [3.05, 3.63) is 56.6 Å².